The molecule has 0 radical (unpaired) electrons. The Morgan fingerprint density at radius 1 is 1.23 bits per heavy atom. The van der Waals surface area contributed by atoms with E-state index in [2.05, 4.69) is 15.3 Å². The van der Waals surface area contributed by atoms with Crippen molar-refractivity contribution in [3.05, 3.63) is 74.0 Å². The number of nitrogens with zero attached hydrogens (tertiary/aromatic N) is 3. The van der Waals surface area contributed by atoms with Crippen molar-refractivity contribution >= 4 is 40.6 Å². The monoisotopic (exact) mass is 453 g/mol. The second-order valence-corrected chi connectivity index (χ2v) is 7.02. The van der Waals surface area contributed by atoms with Crippen LogP contribution in [0.4, 0.5) is 20.3 Å². The van der Waals surface area contributed by atoms with E-state index in [-0.39, 0.29) is 21.6 Å². The van der Waals surface area contributed by atoms with Crippen LogP contribution in [-0.4, -0.2) is 20.4 Å². The Morgan fingerprint density at radius 3 is 2.50 bits per heavy atom. The van der Waals surface area contributed by atoms with Gasteiger partial charge in [-0.3, -0.25) is 19.1 Å². The zero-order chi connectivity index (χ0) is 22.0. The van der Waals surface area contributed by atoms with Gasteiger partial charge in [-0.15, -0.1) is 0 Å². The van der Waals surface area contributed by atoms with Crippen LogP contribution in [0.3, 0.4) is 0 Å². The summed E-state index contributed by atoms with van der Waals surface area (Å²) in [7, 11) is 0. The third-order valence-corrected chi connectivity index (χ3v) is 4.80. The number of aromatic nitrogens is 3. The van der Waals surface area contributed by atoms with Crippen molar-refractivity contribution in [2.75, 3.05) is 11.1 Å². The van der Waals surface area contributed by atoms with Gasteiger partial charge in [-0.25, -0.2) is 13.8 Å². The molecule has 3 N–H and O–H groups in total. The van der Waals surface area contributed by atoms with E-state index in [0.717, 1.165) is 28.6 Å². The number of carbonyl (C=O) groups excluding carboxylic acids is 1. The third kappa shape index (κ3) is 4.27. The largest absolute Gasteiger partial charge is 0.383 e. The molecule has 2 aromatic heterocycles. The second-order valence-electron chi connectivity index (χ2n) is 6.20. The highest BCUT2D eigenvalue weighted by Crippen LogP contribution is 2.33. The fourth-order valence-corrected chi connectivity index (χ4v) is 3.41. The van der Waals surface area contributed by atoms with E-state index < -0.39 is 29.0 Å². The van der Waals surface area contributed by atoms with Crippen molar-refractivity contribution in [2.45, 2.75) is 19.8 Å². The maximum atomic E-state index is 13.0. The average molecular weight is 454 g/mol. The summed E-state index contributed by atoms with van der Waals surface area (Å²) in [5.41, 5.74) is 5.17. The molecule has 0 saturated heterocycles. The van der Waals surface area contributed by atoms with Gasteiger partial charge in [0, 0.05) is 11.8 Å². The van der Waals surface area contributed by atoms with Crippen molar-refractivity contribution < 1.29 is 13.6 Å². The number of pyridine rings is 1. The molecule has 156 valence electrons. The Hall–Kier alpha value is -3.04. The predicted molar refractivity (Wildman–Crippen MR) is 111 cm³/mol. The number of hydrogen-bond donors (Lipinski definition) is 2. The van der Waals surface area contributed by atoms with Gasteiger partial charge in [0.15, 0.2) is 0 Å². The van der Waals surface area contributed by atoms with Gasteiger partial charge in [0.1, 0.15) is 17.7 Å². The molecule has 3 aromatic rings. The predicted octanol–water partition coefficient (Wildman–Crippen LogP) is 4.27. The SMILES string of the molecule is CCc1cncc(NC(=O)c2c(N)ncn(-c3c(Cl)cc(C(F)F)cc3Cl)c2=O)c1. The fourth-order valence-electron chi connectivity index (χ4n) is 2.72. The summed E-state index contributed by atoms with van der Waals surface area (Å²) >= 11 is 12.1. The standard InChI is InChI=1S/C19H15Cl2F2N5O2/c1-2-9-3-11(7-25-6-9)27-18(29)14-17(24)26-8-28(19(14)30)15-12(20)4-10(16(22)23)5-13(15)21/h3-8,16H,2,24H2,1H3,(H,27,29). The van der Waals surface area contributed by atoms with Gasteiger partial charge < -0.3 is 11.1 Å². The number of rotatable bonds is 5. The molecule has 0 aliphatic carbocycles. The first-order valence-electron chi connectivity index (χ1n) is 8.62. The van der Waals surface area contributed by atoms with Crippen LogP contribution in [0.25, 0.3) is 5.69 Å². The first-order chi connectivity index (χ1) is 14.2. The Morgan fingerprint density at radius 2 is 1.90 bits per heavy atom. The van der Waals surface area contributed by atoms with Gasteiger partial charge in [0.25, 0.3) is 17.9 Å². The van der Waals surface area contributed by atoms with E-state index in [4.69, 9.17) is 28.9 Å². The zero-order valence-electron chi connectivity index (χ0n) is 15.5. The van der Waals surface area contributed by atoms with Crippen molar-refractivity contribution in [3.63, 3.8) is 0 Å². The van der Waals surface area contributed by atoms with Crippen LogP contribution in [0.15, 0.2) is 41.7 Å². The molecule has 7 nitrogen and oxygen atoms in total. The highest BCUT2D eigenvalue weighted by atomic mass is 35.5. The van der Waals surface area contributed by atoms with Crippen LogP contribution >= 0.6 is 23.2 Å². The van der Waals surface area contributed by atoms with Crippen LogP contribution in [0.2, 0.25) is 10.0 Å². The van der Waals surface area contributed by atoms with E-state index in [1.165, 1.54) is 6.20 Å². The number of anilines is 2. The maximum absolute atomic E-state index is 13.0. The molecule has 0 aliphatic heterocycles. The minimum atomic E-state index is -2.80. The molecule has 2 heterocycles. The molecule has 0 fully saturated rings. The Labute approximate surface area is 179 Å². The van der Waals surface area contributed by atoms with E-state index in [0.29, 0.717) is 12.1 Å². The zero-order valence-corrected chi connectivity index (χ0v) is 17.0. The van der Waals surface area contributed by atoms with Crippen molar-refractivity contribution in [2.24, 2.45) is 0 Å². The number of hydrogen-bond acceptors (Lipinski definition) is 5. The highest BCUT2D eigenvalue weighted by molar-refractivity contribution is 6.37. The van der Waals surface area contributed by atoms with Crippen LogP contribution in [-0.2, 0) is 6.42 Å². The third-order valence-electron chi connectivity index (χ3n) is 4.22. The molecule has 1 aromatic carbocycles. The van der Waals surface area contributed by atoms with Crippen LogP contribution in [0.5, 0.6) is 0 Å². The molecule has 1 amide bonds. The number of alkyl halides is 2. The fraction of sp³-hybridized carbons (Fsp3) is 0.158. The van der Waals surface area contributed by atoms with E-state index in [1.54, 1.807) is 12.3 Å². The number of carbonyl (C=O) groups is 1. The van der Waals surface area contributed by atoms with Crippen LogP contribution in [0.1, 0.15) is 34.8 Å². The molecule has 3 rings (SSSR count). The lowest BCUT2D eigenvalue weighted by Crippen LogP contribution is -2.31. The van der Waals surface area contributed by atoms with E-state index in [9.17, 15) is 18.4 Å². The molecular formula is C19H15Cl2F2N5O2. The summed E-state index contributed by atoms with van der Waals surface area (Å²) < 4.78 is 26.8. The Kier molecular flexibility index (Phi) is 6.33. The molecule has 0 saturated carbocycles. The molecule has 0 bridgehead atoms. The lowest BCUT2D eigenvalue weighted by Gasteiger charge is -2.14. The van der Waals surface area contributed by atoms with Crippen LogP contribution in [0, 0.1) is 0 Å². The molecule has 0 aliphatic rings. The molecule has 0 atom stereocenters. The van der Waals surface area contributed by atoms with E-state index in [1.807, 2.05) is 6.92 Å². The van der Waals surface area contributed by atoms with Gasteiger partial charge >= 0.3 is 0 Å². The number of nitrogens with two attached hydrogens (primary N) is 1. The number of aryl methyl sites for hydroxylation is 1. The number of benzene rings is 1. The number of halogens is 4. The minimum absolute atomic E-state index is 0.0936. The Balaban J connectivity index is 2.06. The lowest BCUT2D eigenvalue weighted by atomic mass is 10.2. The molecule has 0 unspecified atom stereocenters. The molecule has 30 heavy (non-hydrogen) atoms. The number of amides is 1. The molecule has 0 spiro atoms. The van der Waals surface area contributed by atoms with Gasteiger partial charge in [-0.1, -0.05) is 30.1 Å². The maximum Gasteiger partial charge on any atom is 0.273 e. The molecular weight excluding hydrogens is 439 g/mol. The van der Waals surface area contributed by atoms with Crippen LogP contribution < -0.4 is 16.6 Å². The minimum Gasteiger partial charge on any atom is -0.383 e. The smallest absolute Gasteiger partial charge is 0.273 e. The second kappa shape index (κ2) is 8.76. The van der Waals surface area contributed by atoms with E-state index >= 15 is 0 Å². The van der Waals surface area contributed by atoms with Gasteiger partial charge in [-0.05, 0) is 30.2 Å². The first-order valence-corrected chi connectivity index (χ1v) is 9.38. The van der Waals surface area contributed by atoms with Gasteiger partial charge in [-0.2, -0.15) is 0 Å². The van der Waals surface area contributed by atoms with Gasteiger partial charge in [0.05, 0.1) is 27.6 Å². The summed E-state index contributed by atoms with van der Waals surface area (Å²) in [6.45, 7) is 1.92. The number of nitrogens with one attached hydrogen (secondary N) is 1. The topological polar surface area (TPSA) is 103 Å². The quantitative estimate of drug-likeness (QED) is 0.600. The normalized spacial score (nSPS) is 11.0. The highest BCUT2D eigenvalue weighted by Gasteiger charge is 2.22. The Bertz CT molecular complexity index is 1160. The van der Waals surface area contributed by atoms with Gasteiger partial charge in [0.2, 0.25) is 0 Å². The molecule has 11 heteroatoms. The van der Waals surface area contributed by atoms with Crippen molar-refractivity contribution in [1.29, 1.82) is 0 Å². The lowest BCUT2D eigenvalue weighted by molar-refractivity contribution is 0.102. The summed E-state index contributed by atoms with van der Waals surface area (Å²) in [6.07, 6.45) is 1.98. The summed E-state index contributed by atoms with van der Waals surface area (Å²) in [4.78, 5) is 33.6. The first kappa shape index (κ1) is 21.7. The number of nitrogen functional groups attached to an aromatic ring is 1. The van der Waals surface area contributed by atoms with Crippen molar-refractivity contribution in [3.8, 4) is 5.69 Å². The average Bonchev–Trinajstić information content (AvgIpc) is 2.69. The summed E-state index contributed by atoms with van der Waals surface area (Å²) in [5.74, 6) is -1.13. The summed E-state index contributed by atoms with van der Waals surface area (Å²) in [6, 6.07) is 3.67. The summed E-state index contributed by atoms with van der Waals surface area (Å²) in [5, 5.41) is 2.13. The van der Waals surface area contributed by atoms with Crippen molar-refractivity contribution in [1.82, 2.24) is 14.5 Å².